The molecule has 0 saturated carbocycles. The van der Waals surface area contributed by atoms with Crippen LogP contribution in [0.4, 0.5) is 0 Å². The van der Waals surface area contributed by atoms with E-state index in [-0.39, 0.29) is 19.3 Å². The smallest absolute Gasteiger partial charge is 0.431 e. The summed E-state index contributed by atoms with van der Waals surface area (Å²) in [4.78, 5) is 10.6. The Labute approximate surface area is 206 Å². The van der Waals surface area contributed by atoms with E-state index in [4.69, 9.17) is 72.2 Å². The van der Waals surface area contributed by atoms with Crippen molar-refractivity contribution in [3.05, 3.63) is 57.6 Å². The van der Waals surface area contributed by atoms with Crippen LogP contribution in [0.1, 0.15) is 11.1 Å². The number of hydrogen-bond donors (Lipinski definition) is 2. The van der Waals surface area contributed by atoms with E-state index in [9.17, 15) is 9.36 Å². The summed E-state index contributed by atoms with van der Waals surface area (Å²) < 4.78 is 23.9. The molecule has 0 bridgehead atoms. The maximum absolute atomic E-state index is 13.3. The summed E-state index contributed by atoms with van der Waals surface area (Å²) >= 11 is 26.4. The molecule has 0 radical (unpaired) electrons. The Morgan fingerprint density at radius 3 is 1.77 bits per heavy atom. The third-order valence-corrected chi connectivity index (χ3v) is 6.18. The Morgan fingerprint density at radius 1 is 1.00 bits per heavy atom. The zero-order chi connectivity index (χ0) is 23.6. The highest BCUT2D eigenvalue weighted by Gasteiger charge is 2.28. The summed E-state index contributed by atoms with van der Waals surface area (Å²) in [5.41, 5.74) is 1.54. The van der Waals surface area contributed by atoms with Gasteiger partial charge in [0.2, 0.25) is 0 Å². The molecule has 0 heterocycles. The van der Waals surface area contributed by atoms with Crippen LogP contribution < -0.4 is 14.4 Å². The van der Waals surface area contributed by atoms with Crippen LogP contribution in [0.5, 0.6) is 11.5 Å². The van der Waals surface area contributed by atoms with E-state index < -0.39 is 17.9 Å². The van der Waals surface area contributed by atoms with Gasteiger partial charge in [0, 0.05) is 16.6 Å². The number of halogens is 5. The number of hydrogen-bond acceptors (Lipinski definition) is 5. The van der Waals surface area contributed by atoms with E-state index >= 15 is 0 Å². The Kier molecular flexibility index (Phi) is 12.4. The van der Waals surface area contributed by atoms with Crippen molar-refractivity contribution in [1.29, 1.82) is 0 Å². The highest BCUT2D eigenvalue weighted by molar-refractivity contribution is 7.54. The summed E-state index contributed by atoms with van der Waals surface area (Å²) in [5.74, 6) is -0.304. The first-order chi connectivity index (χ1) is 14.4. The van der Waals surface area contributed by atoms with E-state index in [0.29, 0.717) is 21.5 Å². The van der Waals surface area contributed by atoms with Crippen molar-refractivity contribution in [2.24, 2.45) is 0 Å². The van der Waals surface area contributed by atoms with Crippen molar-refractivity contribution in [1.82, 2.24) is 5.32 Å². The second-order valence-electron chi connectivity index (χ2n) is 6.16. The van der Waals surface area contributed by atoms with Crippen molar-refractivity contribution in [3.8, 4) is 11.5 Å². The fraction of sp³-hybridized carbons (Fsp3) is 0.316. The molecule has 0 amide bonds. The second kappa shape index (κ2) is 13.6. The first-order valence-corrected chi connectivity index (χ1v) is 12.6. The molecular formula is C19H21Cl5NO5P. The van der Waals surface area contributed by atoms with Gasteiger partial charge in [-0.15, -0.1) is 0 Å². The molecule has 0 saturated heterocycles. The monoisotopic (exact) mass is 549 g/mol. The van der Waals surface area contributed by atoms with Crippen molar-refractivity contribution in [2.45, 2.75) is 18.1 Å². The van der Waals surface area contributed by atoms with Gasteiger partial charge in [0.1, 0.15) is 11.5 Å². The lowest BCUT2D eigenvalue weighted by Gasteiger charge is -2.21. The molecule has 0 aliphatic carbocycles. The lowest BCUT2D eigenvalue weighted by Crippen LogP contribution is -2.26. The van der Waals surface area contributed by atoms with Crippen molar-refractivity contribution in [3.63, 3.8) is 0 Å². The Morgan fingerprint density at radius 2 is 1.42 bits per heavy atom. The van der Waals surface area contributed by atoms with Crippen LogP contribution in [0.3, 0.4) is 0 Å². The Balaban J connectivity index is 0.00000110. The number of carboxylic acid groups (broad SMARTS) is 1. The van der Waals surface area contributed by atoms with Gasteiger partial charge in [0.15, 0.2) is 4.30 Å². The second-order valence-corrected chi connectivity index (χ2v) is 11.0. The number of aliphatic carboxylic acids is 1. The minimum absolute atomic E-state index is 0.0242. The van der Waals surface area contributed by atoms with Crippen LogP contribution in [-0.2, 0) is 9.36 Å². The fourth-order valence-electron chi connectivity index (χ4n) is 2.19. The van der Waals surface area contributed by atoms with Gasteiger partial charge in [0.25, 0.3) is 0 Å². The van der Waals surface area contributed by atoms with Crippen molar-refractivity contribution < 1.29 is 23.5 Å². The molecule has 31 heavy (non-hydrogen) atoms. The topological polar surface area (TPSA) is 84.9 Å². The van der Waals surface area contributed by atoms with E-state index in [1.807, 2.05) is 0 Å². The van der Waals surface area contributed by atoms with E-state index in [2.05, 4.69) is 5.32 Å². The lowest BCUT2D eigenvalue weighted by molar-refractivity contribution is -0.135. The largest absolute Gasteiger partial charge is 0.480 e. The molecule has 2 N–H and O–H groups in total. The summed E-state index contributed by atoms with van der Waals surface area (Å²) in [6.45, 7) is 3.50. The summed E-state index contributed by atoms with van der Waals surface area (Å²) in [5, 5.41) is 12.5. The third kappa shape index (κ3) is 11.5. The van der Waals surface area contributed by atoms with Gasteiger partial charge in [0.05, 0.1) is 12.7 Å². The van der Waals surface area contributed by atoms with Crippen molar-refractivity contribution >= 4 is 71.6 Å². The van der Waals surface area contributed by atoms with Gasteiger partial charge in [-0.2, -0.15) is 0 Å². The number of nitrogens with one attached hydrogen (secondary N) is 1. The average Bonchev–Trinajstić information content (AvgIpc) is 2.64. The molecule has 2 aromatic rings. The van der Waals surface area contributed by atoms with E-state index in [1.54, 1.807) is 50.2 Å². The minimum atomic E-state index is -3.63. The highest BCUT2D eigenvalue weighted by atomic mass is 35.6. The Hall–Kier alpha value is -0.850. The molecule has 0 unspecified atom stereocenters. The number of rotatable bonds is 9. The van der Waals surface area contributed by atoms with E-state index in [0.717, 1.165) is 11.1 Å². The van der Waals surface area contributed by atoms with Gasteiger partial charge in [-0.1, -0.05) is 58.0 Å². The van der Waals surface area contributed by atoms with Crippen molar-refractivity contribution in [2.75, 3.05) is 19.3 Å². The standard InChI is InChI=1S/C18H20Cl2NO5P.CHCl3/c1-12-9-14(3-5-16(12)19)25-27(24,8-7-21-11-18(22)23)26-15-4-6-17(20)13(2)10-15;2-1(3)4/h3-6,9-10,21H,7-8,11H2,1-2H3,(H,22,23);1H. The molecule has 2 rings (SSSR count). The first kappa shape index (κ1) is 28.2. The highest BCUT2D eigenvalue weighted by Crippen LogP contribution is 2.48. The molecule has 0 spiro atoms. The molecule has 0 aromatic heterocycles. The molecule has 6 nitrogen and oxygen atoms in total. The molecule has 0 aliphatic rings. The van der Waals surface area contributed by atoms with Gasteiger partial charge < -0.3 is 19.5 Å². The molecule has 0 fully saturated rings. The van der Waals surface area contributed by atoms with Crippen LogP contribution >= 0.6 is 65.6 Å². The minimum Gasteiger partial charge on any atom is -0.480 e. The number of carbonyl (C=O) groups is 1. The number of benzene rings is 2. The van der Waals surface area contributed by atoms with E-state index in [1.165, 1.54) is 0 Å². The predicted molar refractivity (Wildman–Crippen MR) is 128 cm³/mol. The summed E-state index contributed by atoms with van der Waals surface area (Å²) in [6.07, 6.45) is -0.0242. The molecule has 0 atom stereocenters. The maximum atomic E-state index is 13.3. The Bertz CT molecular complexity index is 868. The number of carboxylic acids is 1. The van der Waals surface area contributed by atoms with Gasteiger partial charge in [-0.05, 0) is 61.4 Å². The normalized spacial score (nSPS) is 11.0. The molecular weight excluding hydrogens is 530 g/mol. The van der Waals surface area contributed by atoms with Crippen LogP contribution in [0.15, 0.2) is 36.4 Å². The molecule has 12 heteroatoms. The SMILES string of the molecule is Cc1cc(OP(=O)(CCNCC(=O)O)Oc2ccc(Cl)c(C)c2)ccc1Cl.ClC(Cl)Cl. The van der Waals surface area contributed by atoms with Gasteiger partial charge in [-0.25, -0.2) is 4.57 Å². The first-order valence-electron chi connectivity index (χ1n) is 8.77. The summed E-state index contributed by atoms with van der Waals surface area (Å²) in [7, 11) is -3.63. The molecule has 2 aromatic carbocycles. The number of aryl methyl sites for hydroxylation is 2. The molecule has 172 valence electrons. The van der Waals surface area contributed by atoms with Crippen LogP contribution in [0.25, 0.3) is 0 Å². The zero-order valence-corrected chi connectivity index (χ0v) is 21.3. The maximum Gasteiger partial charge on any atom is 0.431 e. The van der Waals surface area contributed by atoms with Crippen LogP contribution in [0, 0.1) is 13.8 Å². The summed E-state index contributed by atoms with van der Waals surface area (Å²) in [6, 6.07) is 9.82. The van der Waals surface area contributed by atoms with Crippen LogP contribution in [0.2, 0.25) is 10.0 Å². The fourth-order valence-corrected chi connectivity index (χ4v) is 3.95. The van der Waals surface area contributed by atoms with Crippen LogP contribution in [-0.4, -0.2) is 34.6 Å². The molecule has 0 aliphatic heterocycles. The third-order valence-electron chi connectivity index (χ3n) is 3.59. The lowest BCUT2D eigenvalue weighted by atomic mass is 10.2. The quantitative estimate of drug-likeness (QED) is 0.200. The average molecular weight is 552 g/mol. The zero-order valence-electron chi connectivity index (χ0n) is 16.6. The van der Waals surface area contributed by atoms with Gasteiger partial charge in [-0.3, -0.25) is 4.79 Å². The number of alkyl halides is 3. The van der Waals surface area contributed by atoms with Gasteiger partial charge >= 0.3 is 13.6 Å². The predicted octanol–water partition coefficient (Wildman–Crippen LogP) is 6.92.